The highest BCUT2D eigenvalue weighted by Crippen LogP contribution is 2.21. The summed E-state index contributed by atoms with van der Waals surface area (Å²) in [4.78, 5) is 28.1. The number of carbonyl (C=O) groups excluding carboxylic acids is 1. The number of nitrogens with one attached hydrogen (secondary N) is 1. The molecule has 1 fully saturated rings. The Morgan fingerprint density at radius 3 is 2.83 bits per heavy atom. The minimum absolute atomic E-state index is 0.0696. The van der Waals surface area contributed by atoms with Gasteiger partial charge < -0.3 is 10.2 Å². The minimum atomic E-state index is -0.413. The number of benzene rings is 1. The summed E-state index contributed by atoms with van der Waals surface area (Å²) < 4.78 is 0. The van der Waals surface area contributed by atoms with E-state index in [0.29, 0.717) is 18.8 Å². The number of aromatic nitrogens is 1. The standard InChI is InChI=1S/C16H16N4O3/c21-16-5-2-8-19(16)14-6-7-15(18-11-14)17-10-12-3-1-4-13(9-12)20(22)23/h1,3-4,6-7,9,11H,2,5,8,10H2,(H,17,18). The van der Waals surface area contributed by atoms with Gasteiger partial charge in [-0.3, -0.25) is 14.9 Å². The number of carbonyl (C=O) groups is 1. The molecule has 1 aliphatic rings. The lowest BCUT2D eigenvalue weighted by atomic mass is 10.2. The van der Waals surface area contributed by atoms with Gasteiger partial charge >= 0.3 is 0 Å². The topological polar surface area (TPSA) is 88.4 Å². The van der Waals surface area contributed by atoms with E-state index < -0.39 is 4.92 Å². The highest BCUT2D eigenvalue weighted by molar-refractivity contribution is 5.95. The Kier molecular flexibility index (Phi) is 4.18. The molecule has 1 aromatic heterocycles. The summed E-state index contributed by atoms with van der Waals surface area (Å²) >= 11 is 0. The van der Waals surface area contributed by atoms with E-state index in [4.69, 9.17) is 0 Å². The van der Waals surface area contributed by atoms with Gasteiger partial charge in [0.25, 0.3) is 5.69 Å². The molecule has 1 N–H and O–H groups in total. The first kappa shape index (κ1) is 15.0. The average Bonchev–Trinajstić information content (AvgIpc) is 3.00. The summed E-state index contributed by atoms with van der Waals surface area (Å²) in [6.45, 7) is 1.18. The first-order valence-corrected chi connectivity index (χ1v) is 7.37. The SMILES string of the molecule is O=C1CCCN1c1ccc(NCc2cccc([N+](=O)[O-])c2)nc1. The van der Waals surface area contributed by atoms with E-state index in [1.54, 1.807) is 23.2 Å². The maximum atomic E-state index is 11.7. The third-order valence-corrected chi connectivity index (χ3v) is 3.73. The molecule has 0 saturated carbocycles. The zero-order chi connectivity index (χ0) is 16.2. The van der Waals surface area contributed by atoms with Crippen molar-refractivity contribution >= 4 is 23.1 Å². The lowest BCUT2D eigenvalue weighted by Gasteiger charge is -2.15. The second-order valence-corrected chi connectivity index (χ2v) is 5.33. The van der Waals surface area contributed by atoms with Gasteiger partial charge in [0.05, 0.1) is 16.8 Å². The maximum absolute atomic E-state index is 11.7. The Bertz CT molecular complexity index is 730. The average molecular weight is 312 g/mol. The summed E-state index contributed by atoms with van der Waals surface area (Å²) in [5.41, 5.74) is 1.67. The molecule has 1 amide bonds. The smallest absolute Gasteiger partial charge is 0.269 e. The zero-order valence-corrected chi connectivity index (χ0v) is 12.4. The van der Waals surface area contributed by atoms with Crippen molar-refractivity contribution in [2.75, 3.05) is 16.8 Å². The number of hydrogen-bond acceptors (Lipinski definition) is 5. The van der Waals surface area contributed by atoms with Crippen LogP contribution in [0.5, 0.6) is 0 Å². The van der Waals surface area contributed by atoms with Gasteiger partial charge in [0.2, 0.25) is 5.91 Å². The van der Waals surface area contributed by atoms with Gasteiger partial charge in [0, 0.05) is 31.6 Å². The van der Waals surface area contributed by atoms with Crippen molar-refractivity contribution in [3.8, 4) is 0 Å². The molecule has 2 aromatic rings. The predicted molar refractivity (Wildman–Crippen MR) is 86.2 cm³/mol. The molecule has 0 aliphatic carbocycles. The largest absolute Gasteiger partial charge is 0.366 e. The summed E-state index contributed by atoms with van der Waals surface area (Å²) in [6.07, 6.45) is 3.14. The summed E-state index contributed by atoms with van der Waals surface area (Å²) in [6, 6.07) is 10.1. The van der Waals surface area contributed by atoms with Gasteiger partial charge in [-0.15, -0.1) is 0 Å². The number of nitro groups is 1. The molecule has 2 heterocycles. The summed E-state index contributed by atoms with van der Waals surface area (Å²) in [5.74, 6) is 0.788. The number of hydrogen-bond donors (Lipinski definition) is 1. The van der Waals surface area contributed by atoms with Crippen LogP contribution in [-0.4, -0.2) is 22.4 Å². The number of non-ortho nitro benzene ring substituents is 1. The van der Waals surface area contributed by atoms with Crippen LogP contribution in [0.15, 0.2) is 42.6 Å². The Balaban J connectivity index is 1.63. The van der Waals surface area contributed by atoms with Crippen LogP contribution >= 0.6 is 0 Å². The Morgan fingerprint density at radius 1 is 1.30 bits per heavy atom. The van der Waals surface area contributed by atoms with Crippen LogP contribution in [-0.2, 0) is 11.3 Å². The van der Waals surface area contributed by atoms with Gasteiger partial charge in [-0.05, 0) is 24.1 Å². The van der Waals surface area contributed by atoms with Gasteiger partial charge in [-0.2, -0.15) is 0 Å². The van der Waals surface area contributed by atoms with E-state index >= 15 is 0 Å². The van der Waals surface area contributed by atoms with Crippen molar-refractivity contribution in [2.24, 2.45) is 0 Å². The van der Waals surface area contributed by atoms with Crippen LogP contribution in [0.2, 0.25) is 0 Å². The molecule has 0 unspecified atom stereocenters. The second kappa shape index (κ2) is 6.43. The molecule has 7 nitrogen and oxygen atoms in total. The Hall–Kier alpha value is -2.96. The highest BCUT2D eigenvalue weighted by atomic mass is 16.6. The van der Waals surface area contributed by atoms with Crippen molar-refractivity contribution < 1.29 is 9.72 Å². The highest BCUT2D eigenvalue weighted by Gasteiger charge is 2.21. The zero-order valence-electron chi connectivity index (χ0n) is 12.4. The van der Waals surface area contributed by atoms with Crippen LogP contribution in [0.25, 0.3) is 0 Å². The van der Waals surface area contributed by atoms with Gasteiger partial charge in [0.15, 0.2) is 0 Å². The van der Waals surface area contributed by atoms with Crippen LogP contribution in [0, 0.1) is 10.1 Å². The summed E-state index contributed by atoms with van der Waals surface area (Å²) in [7, 11) is 0. The number of nitrogens with zero attached hydrogens (tertiary/aromatic N) is 3. The summed E-state index contributed by atoms with van der Waals surface area (Å²) in [5, 5.41) is 13.9. The maximum Gasteiger partial charge on any atom is 0.269 e. The van der Waals surface area contributed by atoms with Crippen LogP contribution in [0.1, 0.15) is 18.4 Å². The Morgan fingerprint density at radius 2 is 2.17 bits per heavy atom. The van der Waals surface area contributed by atoms with Gasteiger partial charge in [0.1, 0.15) is 5.82 Å². The molecule has 7 heteroatoms. The lowest BCUT2D eigenvalue weighted by Crippen LogP contribution is -2.23. The quantitative estimate of drug-likeness (QED) is 0.677. The molecular formula is C16H16N4O3. The molecule has 23 heavy (non-hydrogen) atoms. The molecule has 1 aliphatic heterocycles. The Labute approximate surface area is 133 Å². The molecule has 1 saturated heterocycles. The third-order valence-electron chi connectivity index (χ3n) is 3.73. The first-order chi connectivity index (χ1) is 11.1. The van der Waals surface area contributed by atoms with E-state index in [0.717, 1.165) is 24.2 Å². The predicted octanol–water partition coefficient (Wildman–Crippen LogP) is 2.73. The van der Waals surface area contributed by atoms with Crippen molar-refractivity contribution in [1.29, 1.82) is 0 Å². The second-order valence-electron chi connectivity index (χ2n) is 5.33. The molecule has 0 spiro atoms. The van der Waals surface area contributed by atoms with Crippen molar-refractivity contribution in [1.82, 2.24) is 4.98 Å². The van der Waals surface area contributed by atoms with Gasteiger partial charge in [-0.25, -0.2) is 4.98 Å². The van der Waals surface area contributed by atoms with Crippen molar-refractivity contribution in [2.45, 2.75) is 19.4 Å². The molecule has 3 rings (SSSR count). The van der Waals surface area contributed by atoms with Crippen LogP contribution in [0.4, 0.5) is 17.2 Å². The first-order valence-electron chi connectivity index (χ1n) is 7.37. The molecule has 118 valence electrons. The fourth-order valence-electron chi connectivity index (χ4n) is 2.54. The van der Waals surface area contributed by atoms with Crippen LogP contribution in [0.3, 0.4) is 0 Å². The minimum Gasteiger partial charge on any atom is -0.366 e. The lowest BCUT2D eigenvalue weighted by molar-refractivity contribution is -0.384. The normalized spacial score (nSPS) is 14.1. The number of amides is 1. The van der Waals surface area contributed by atoms with Gasteiger partial charge in [-0.1, -0.05) is 12.1 Å². The van der Waals surface area contributed by atoms with Crippen molar-refractivity contribution in [3.63, 3.8) is 0 Å². The number of rotatable bonds is 5. The van der Waals surface area contributed by atoms with Crippen molar-refractivity contribution in [3.05, 3.63) is 58.3 Å². The molecular weight excluding hydrogens is 296 g/mol. The van der Waals surface area contributed by atoms with E-state index in [2.05, 4.69) is 10.3 Å². The van der Waals surface area contributed by atoms with E-state index in [1.165, 1.54) is 12.1 Å². The third kappa shape index (κ3) is 3.45. The molecule has 1 aromatic carbocycles. The number of pyridine rings is 1. The number of nitro benzene ring substituents is 1. The van der Waals surface area contributed by atoms with Crippen LogP contribution < -0.4 is 10.2 Å². The van der Waals surface area contributed by atoms with E-state index in [9.17, 15) is 14.9 Å². The number of anilines is 2. The molecule has 0 radical (unpaired) electrons. The fourth-order valence-corrected chi connectivity index (χ4v) is 2.54. The van der Waals surface area contributed by atoms with E-state index in [-0.39, 0.29) is 11.6 Å². The van der Waals surface area contributed by atoms with E-state index in [1.807, 2.05) is 12.1 Å². The fraction of sp³-hybridized carbons (Fsp3) is 0.250. The molecule has 0 atom stereocenters. The molecule has 0 bridgehead atoms. The monoisotopic (exact) mass is 312 g/mol.